The molecule has 2 aromatic carbocycles. The summed E-state index contributed by atoms with van der Waals surface area (Å²) in [6, 6.07) is 15.2. The fraction of sp³-hybridized carbons (Fsp3) is 0.263. The van der Waals surface area contributed by atoms with E-state index in [4.69, 9.17) is 0 Å². The number of aryl methyl sites for hydroxylation is 1. The number of carbonyl (C=O) groups is 2. The van der Waals surface area contributed by atoms with Crippen molar-refractivity contribution in [2.24, 2.45) is 0 Å². The SMILES string of the molecule is CCc1ccc(NC(=O)C[NH+](C)CC(=O)Nc2ccccc2Br)cc1. The van der Waals surface area contributed by atoms with Gasteiger partial charge in [0.1, 0.15) is 0 Å². The molecule has 3 N–H and O–H groups in total. The Labute approximate surface area is 156 Å². The highest BCUT2D eigenvalue weighted by molar-refractivity contribution is 9.10. The fourth-order valence-corrected chi connectivity index (χ4v) is 2.78. The highest BCUT2D eigenvalue weighted by Gasteiger charge is 2.15. The summed E-state index contributed by atoms with van der Waals surface area (Å²) in [6.07, 6.45) is 0.966. The Balaban J connectivity index is 1.80. The minimum atomic E-state index is -0.135. The summed E-state index contributed by atoms with van der Waals surface area (Å²) < 4.78 is 0.828. The van der Waals surface area contributed by atoms with Crippen LogP contribution >= 0.6 is 15.9 Å². The summed E-state index contributed by atoms with van der Waals surface area (Å²) in [5, 5.41) is 5.70. The van der Waals surface area contributed by atoms with E-state index in [2.05, 4.69) is 33.5 Å². The van der Waals surface area contributed by atoms with Crippen molar-refractivity contribution in [3.8, 4) is 0 Å². The van der Waals surface area contributed by atoms with E-state index in [-0.39, 0.29) is 24.9 Å². The fourth-order valence-electron chi connectivity index (χ4n) is 2.40. The Morgan fingerprint density at radius 1 is 0.960 bits per heavy atom. The van der Waals surface area contributed by atoms with Crippen LogP contribution in [0.4, 0.5) is 11.4 Å². The average Bonchev–Trinajstić information content (AvgIpc) is 2.57. The zero-order chi connectivity index (χ0) is 18.2. The van der Waals surface area contributed by atoms with Gasteiger partial charge >= 0.3 is 0 Å². The summed E-state index contributed by atoms with van der Waals surface area (Å²) >= 11 is 3.39. The van der Waals surface area contributed by atoms with E-state index in [0.29, 0.717) is 0 Å². The largest absolute Gasteiger partial charge is 0.322 e. The third-order valence-electron chi connectivity index (χ3n) is 3.72. The van der Waals surface area contributed by atoms with Gasteiger partial charge in [-0.1, -0.05) is 31.2 Å². The van der Waals surface area contributed by atoms with E-state index in [0.717, 1.165) is 27.2 Å². The van der Waals surface area contributed by atoms with Gasteiger partial charge in [0.2, 0.25) is 0 Å². The van der Waals surface area contributed by atoms with Crippen molar-refractivity contribution in [1.29, 1.82) is 0 Å². The van der Waals surface area contributed by atoms with E-state index in [1.54, 1.807) is 0 Å². The molecule has 0 aliphatic rings. The maximum atomic E-state index is 12.1. The monoisotopic (exact) mass is 404 g/mol. The molecule has 6 heteroatoms. The van der Waals surface area contributed by atoms with Gasteiger partial charge in [-0.15, -0.1) is 0 Å². The third kappa shape index (κ3) is 6.32. The standard InChI is InChI=1S/C19H22BrN3O2/c1-3-14-8-10-15(11-9-14)21-18(24)12-23(2)13-19(25)22-17-7-5-4-6-16(17)20/h4-11H,3,12-13H2,1-2H3,(H,21,24)(H,22,25)/p+1. The third-order valence-corrected chi connectivity index (χ3v) is 4.41. The highest BCUT2D eigenvalue weighted by atomic mass is 79.9. The maximum absolute atomic E-state index is 12.1. The summed E-state index contributed by atoms with van der Waals surface area (Å²) in [7, 11) is 1.82. The predicted molar refractivity (Wildman–Crippen MR) is 104 cm³/mol. The lowest BCUT2D eigenvalue weighted by atomic mass is 10.1. The van der Waals surface area contributed by atoms with Crippen LogP contribution in [0.2, 0.25) is 0 Å². The van der Waals surface area contributed by atoms with Crippen molar-refractivity contribution in [2.45, 2.75) is 13.3 Å². The molecule has 25 heavy (non-hydrogen) atoms. The number of nitrogens with one attached hydrogen (secondary N) is 3. The van der Waals surface area contributed by atoms with Gasteiger partial charge in [-0.05, 0) is 52.2 Å². The van der Waals surface area contributed by atoms with Gasteiger partial charge in [0.15, 0.2) is 13.1 Å². The van der Waals surface area contributed by atoms with Crippen LogP contribution < -0.4 is 15.5 Å². The lowest BCUT2D eigenvalue weighted by molar-refractivity contribution is -0.862. The molecule has 0 fully saturated rings. The zero-order valence-electron chi connectivity index (χ0n) is 14.4. The molecule has 0 aliphatic heterocycles. The normalized spacial score (nSPS) is 11.6. The molecule has 2 aromatic rings. The number of benzene rings is 2. The Bertz CT molecular complexity index is 732. The van der Waals surface area contributed by atoms with Crippen LogP contribution in [-0.4, -0.2) is 32.0 Å². The minimum absolute atomic E-state index is 0.115. The molecule has 5 nitrogen and oxygen atoms in total. The minimum Gasteiger partial charge on any atom is -0.322 e. The number of anilines is 2. The number of hydrogen-bond donors (Lipinski definition) is 3. The van der Waals surface area contributed by atoms with Gasteiger partial charge in [0, 0.05) is 10.2 Å². The lowest BCUT2D eigenvalue weighted by Crippen LogP contribution is -3.11. The van der Waals surface area contributed by atoms with Gasteiger partial charge in [0.05, 0.1) is 12.7 Å². The number of para-hydroxylation sites is 1. The molecular weight excluding hydrogens is 382 g/mol. The van der Waals surface area contributed by atoms with E-state index in [9.17, 15) is 9.59 Å². The smallest absolute Gasteiger partial charge is 0.279 e. The van der Waals surface area contributed by atoms with Crippen LogP contribution in [0, 0.1) is 0 Å². The number of quaternary nitrogens is 1. The van der Waals surface area contributed by atoms with E-state index in [1.807, 2.05) is 55.6 Å². The Kier molecular flexibility index (Phi) is 7.16. The summed E-state index contributed by atoms with van der Waals surface area (Å²) in [5.41, 5.74) is 2.72. The predicted octanol–water partition coefficient (Wildman–Crippen LogP) is 2.10. The van der Waals surface area contributed by atoms with Crippen LogP contribution in [0.25, 0.3) is 0 Å². The van der Waals surface area contributed by atoms with Crippen molar-refractivity contribution in [1.82, 2.24) is 0 Å². The molecule has 0 saturated carbocycles. The van der Waals surface area contributed by atoms with Crippen molar-refractivity contribution < 1.29 is 14.5 Å². The molecule has 0 saturated heterocycles. The molecule has 0 aliphatic carbocycles. The van der Waals surface area contributed by atoms with Crippen molar-refractivity contribution >= 4 is 39.1 Å². The second kappa shape index (κ2) is 9.34. The van der Waals surface area contributed by atoms with Gasteiger partial charge in [0.25, 0.3) is 11.8 Å². The Hall–Kier alpha value is -2.18. The van der Waals surface area contributed by atoms with Gasteiger partial charge in [-0.3, -0.25) is 9.59 Å². The molecule has 132 valence electrons. The zero-order valence-corrected chi connectivity index (χ0v) is 16.0. The molecule has 2 amide bonds. The molecule has 1 atom stereocenters. The molecule has 0 radical (unpaired) electrons. The van der Waals surface area contributed by atoms with Gasteiger partial charge in [-0.2, -0.15) is 0 Å². The number of likely N-dealkylation sites (N-methyl/N-ethyl adjacent to an activating group) is 1. The summed E-state index contributed by atoms with van der Waals surface area (Å²) in [4.78, 5) is 25.0. The van der Waals surface area contributed by atoms with Gasteiger partial charge in [-0.25, -0.2) is 0 Å². The van der Waals surface area contributed by atoms with Crippen LogP contribution in [0.15, 0.2) is 53.0 Å². The maximum Gasteiger partial charge on any atom is 0.279 e. The van der Waals surface area contributed by atoms with Gasteiger partial charge < -0.3 is 15.5 Å². The van der Waals surface area contributed by atoms with Crippen LogP contribution in [0.5, 0.6) is 0 Å². The molecule has 1 unspecified atom stereocenters. The number of amides is 2. The van der Waals surface area contributed by atoms with E-state index in [1.165, 1.54) is 5.56 Å². The Morgan fingerprint density at radius 2 is 1.56 bits per heavy atom. The van der Waals surface area contributed by atoms with Crippen LogP contribution in [-0.2, 0) is 16.0 Å². The first-order chi connectivity index (χ1) is 12.0. The van der Waals surface area contributed by atoms with E-state index < -0.39 is 0 Å². The van der Waals surface area contributed by atoms with Crippen LogP contribution in [0.3, 0.4) is 0 Å². The number of rotatable bonds is 7. The molecule has 0 aromatic heterocycles. The summed E-state index contributed by atoms with van der Waals surface area (Å²) in [5.74, 6) is -0.250. The van der Waals surface area contributed by atoms with E-state index >= 15 is 0 Å². The van der Waals surface area contributed by atoms with Crippen molar-refractivity contribution in [3.05, 3.63) is 58.6 Å². The number of carbonyl (C=O) groups excluding carboxylic acids is 2. The quantitative estimate of drug-likeness (QED) is 0.661. The number of halogens is 1. The highest BCUT2D eigenvalue weighted by Crippen LogP contribution is 2.20. The average molecular weight is 405 g/mol. The molecule has 2 rings (SSSR count). The Morgan fingerprint density at radius 3 is 2.16 bits per heavy atom. The molecule has 0 spiro atoms. The topological polar surface area (TPSA) is 62.6 Å². The molecule has 0 heterocycles. The summed E-state index contributed by atoms with van der Waals surface area (Å²) in [6.45, 7) is 2.52. The molecular formula is C19H23BrN3O2+. The first kappa shape index (κ1) is 19.1. The first-order valence-electron chi connectivity index (χ1n) is 8.22. The van der Waals surface area contributed by atoms with Crippen molar-refractivity contribution in [3.63, 3.8) is 0 Å². The first-order valence-corrected chi connectivity index (χ1v) is 9.01. The number of hydrogen-bond acceptors (Lipinski definition) is 2. The second-order valence-electron chi connectivity index (χ2n) is 5.94. The van der Waals surface area contributed by atoms with Crippen molar-refractivity contribution in [2.75, 3.05) is 30.8 Å². The van der Waals surface area contributed by atoms with Crippen LogP contribution in [0.1, 0.15) is 12.5 Å². The lowest BCUT2D eigenvalue weighted by Gasteiger charge is -2.14. The second-order valence-corrected chi connectivity index (χ2v) is 6.79. The molecule has 0 bridgehead atoms.